The summed E-state index contributed by atoms with van der Waals surface area (Å²) in [6.07, 6.45) is 5.52. The second-order valence-electron chi connectivity index (χ2n) is 6.78. The molecule has 1 atom stereocenters. The molecule has 0 amide bonds. The summed E-state index contributed by atoms with van der Waals surface area (Å²) in [7, 11) is -3.70. The van der Waals surface area contributed by atoms with Crippen molar-refractivity contribution in [2.24, 2.45) is 0 Å². The number of anilines is 1. The fourth-order valence-electron chi connectivity index (χ4n) is 3.47. The molecule has 0 bridgehead atoms. The molecule has 2 aromatic rings. The quantitative estimate of drug-likeness (QED) is 0.630. The predicted octanol–water partition coefficient (Wildman–Crippen LogP) is 4.05. The Balaban J connectivity index is 1.95. The van der Waals surface area contributed by atoms with Crippen LogP contribution in [0.5, 0.6) is 0 Å². The lowest BCUT2D eigenvalue weighted by molar-refractivity contribution is -0.386. The SMILES string of the molecule is CC(Nc1cccc(S(C)(=O)=O)c1[N+](=O)[O-])c1ccc2c(c1)CCCC2. The summed E-state index contributed by atoms with van der Waals surface area (Å²) in [5.41, 5.74) is 3.55. The van der Waals surface area contributed by atoms with Gasteiger partial charge in [-0.25, -0.2) is 8.42 Å². The van der Waals surface area contributed by atoms with Gasteiger partial charge < -0.3 is 5.32 Å². The molecule has 0 fully saturated rings. The Bertz CT molecular complexity index is 954. The summed E-state index contributed by atoms with van der Waals surface area (Å²) < 4.78 is 23.8. The number of nitrogens with one attached hydrogen (secondary N) is 1. The van der Waals surface area contributed by atoms with E-state index in [4.69, 9.17) is 0 Å². The second kappa shape index (κ2) is 7.07. The summed E-state index contributed by atoms with van der Waals surface area (Å²) in [5.74, 6) is 0. The van der Waals surface area contributed by atoms with Gasteiger partial charge in [0.25, 0.3) is 0 Å². The first-order valence-corrected chi connectivity index (χ1v) is 10.5. The molecule has 0 radical (unpaired) electrons. The van der Waals surface area contributed by atoms with Gasteiger partial charge in [0, 0.05) is 12.3 Å². The van der Waals surface area contributed by atoms with Crippen molar-refractivity contribution in [3.8, 4) is 0 Å². The van der Waals surface area contributed by atoms with Crippen molar-refractivity contribution < 1.29 is 13.3 Å². The van der Waals surface area contributed by atoms with Crippen molar-refractivity contribution in [1.82, 2.24) is 0 Å². The minimum absolute atomic E-state index is 0.185. The predicted molar refractivity (Wildman–Crippen MR) is 101 cm³/mol. The molecule has 0 saturated carbocycles. The number of nitro benzene ring substituents is 1. The zero-order valence-corrected chi connectivity index (χ0v) is 15.7. The van der Waals surface area contributed by atoms with Crippen LogP contribution in [0.25, 0.3) is 0 Å². The number of para-hydroxylation sites is 1. The normalized spacial score (nSPS) is 15.2. The molecule has 138 valence electrons. The third-order valence-corrected chi connectivity index (χ3v) is 5.95. The second-order valence-corrected chi connectivity index (χ2v) is 8.77. The molecule has 7 heteroatoms. The molecular weight excluding hydrogens is 352 g/mol. The molecule has 1 N–H and O–H groups in total. The molecule has 0 aliphatic heterocycles. The Labute approximate surface area is 153 Å². The smallest absolute Gasteiger partial charge is 0.310 e. The monoisotopic (exact) mass is 374 g/mol. The molecule has 0 saturated heterocycles. The van der Waals surface area contributed by atoms with Crippen molar-refractivity contribution >= 4 is 21.2 Å². The van der Waals surface area contributed by atoms with Gasteiger partial charge in [0.1, 0.15) is 10.6 Å². The average molecular weight is 374 g/mol. The summed E-state index contributed by atoms with van der Waals surface area (Å²) in [6.45, 7) is 1.92. The van der Waals surface area contributed by atoms with Gasteiger partial charge in [-0.15, -0.1) is 0 Å². The number of fused-ring (bicyclic) bond motifs is 1. The lowest BCUT2D eigenvalue weighted by Crippen LogP contribution is -2.12. The fourth-order valence-corrected chi connectivity index (χ4v) is 4.33. The zero-order chi connectivity index (χ0) is 18.9. The first-order valence-electron chi connectivity index (χ1n) is 8.63. The van der Waals surface area contributed by atoms with Crippen LogP contribution in [0.1, 0.15) is 42.5 Å². The van der Waals surface area contributed by atoms with Gasteiger partial charge in [-0.3, -0.25) is 10.1 Å². The average Bonchev–Trinajstić information content (AvgIpc) is 2.60. The van der Waals surface area contributed by atoms with Crippen molar-refractivity contribution in [2.75, 3.05) is 11.6 Å². The van der Waals surface area contributed by atoms with E-state index < -0.39 is 20.4 Å². The van der Waals surface area contributed by atoms with Crippen molar-refractivity contribution in [2.45, 2.75) is 43.5 Å². The molecule has 2 aromatic carbocycles. The lowest BCUT2D eigenvalue weighted by Gasteiger charge is -2.21. The zero-order valence-electron chi connectivity index (χ0n) is 14.9. The molecule has 26 heavy (non-hydrogen) atoms. The molecule has 0 aromatic heterocycles. The molecular formula is C19H22N2O4S. The maximum absolute atomic E-state index is 11.9. The van der Waals surface area contributed by atoms with Gasteiger partial charge in [0.15, 0.2) is 9.84 Å². The van der Waals surface area contributed by atoms with E-state index in [0.717, 1.165) is 24.7 Å². The van der Waals surface area contributed by atoms with E-state index in [-0.39, 0.29) is 16.6 Å². The number of sulfone groups is 1. The molecule has 0 heterocycles. The van der Waals surface area contributed by atoms with Crippen LogP contribution < -0.4 is 5.32 Å². The van der Waals surface area contributed by atoms with Crippen LogP contribution >= 0.6 is 0 Å². The number of nitrogens with zero attached hydrogens (tertiary/aromatic N) is 1. The van der Waals surface area contributed by atoms with E-state index >= 15 is 0 Å². The Morgan fingerprint density at radius 3 is 2.46 bits per heavy atom. The lowest BCUT2D eigenvalue weighted by atomic mass is 9.89. The number of aryl methyl sites for hydroxylation is 2. The standard InChI is InChI=1S/C19H22N2O4S/c1-13(15-11-10-14-6-3-4-7-16(14)12-15)20-17-8-5-9-18(26(2,24)25)19(17)21(22)23/h5,8-13,20H,3-4,6-7H2,1-2H3. The summed E-state index contributed by atoms with van der Waals surface area (Å²) >= 11 is 0. The molecule has 6 nitrogen and oxygen atoms in total. The topological polar surface area (TPSA) is 89.3 Å². The van der Waals surface area contributed by atoms with E-state index in [1.165, 1.54) is 36.1 Å². The molecule has 0 spiro atoms. The largest absolute Gasteiger partial charge is 0.373 e. The van der Waals surface area contributed by atoms with Crippen LogP contribution in [0, 0.1) is 10.1 Å². The molecule has 1 aliphatic carbocycles. The van der Waals surface area contributed by atoms with Gasteiger partial charge >= 0.3 is 5.69 Å². The van der Waals surface area contributed by atoms with Gasteiger partial charge in [-0.1, -0.05) is 24.3 Å². The molecule has 1 aliphatic rings. The van der Waals surface area contributed by atoms with Crippen LogP contribution in [-0.4, -0.2) is 19.6 Å². The van der Waals surface area contributed by atoms with Crippen LogP contribution in [-0.2, 0) is 22.7 Å². The van der Waals surface area contributed by atoms with Gasteiger partial charge in [0.2, 0.25) is 0 Å². The highest BCUT2D eigenvalue weighted by atomic mass is 32.2. The summed E-state index contributed by atoms with van der Waals surface area (Å²) in [5, 5.41) is 14.6. The van der Waals surface area contributed by atoms with Crippen LogP contribution in [0.3, 0.4) is 0 Å². The maximum Gasteiger partial charge on any atom is 0.310 e. The van der Waals surface area contributed by atoms with E-state index in [1.54, 1.807) is 6.07 Å². The van der Waals surface area contributed by atoms with Crippen molar-refractivity contribution in [3.63, 3.8) is 0 Å². The fraction of sp³-hybridized carbons (Fsp3) is 0.368. The number of nitro groups is 1. The van der Waals surface area contributed by atoms with Gasteiger partial charge in [0.05, 0.1) is 4.92 Å². The minimum atomic E-state index is -3.70. The van der Waals surface area contributed by atoms with E-state index in [9.17, 15) is 18.5 Å². The Morgan fingerprint density at radius 2 is 1.81 bits per heavy atom. The summed E-state index contributed by atoms with van der Waals surface area (Å²) in [6, 6.07) is 10.5. The highest BCUT2D eigenvalue weighted by Crippen LogP contribution is 2.34. The van der Waals surface area contributed by atoms with Crippen molar-refractivity contribution in [3.05, 3.63) is 63.2 Å². The van der Waals surface area contributed by atoms with E-state index in [2.05, 4.69) is 17.4 Å². The number of hydrogen-bond acceptors (Lipinski definition) is 5. The van der Waals surface area contributed by atoms with E-state index in [1.807, 2.05) is 13.0 Å². The van der Waals surface area contributed by atoms with E-state index in [0.29, 0.717) is 0 Å². The highest BCUT2D eigenvalue weighted by Gasteiger charge is 2.27. The first-order chi connectivity index (χ1) is 12.3. The number of benzene rings is 2. The third kappa shape index (κ3) is 3.72. The Morgan fingerprint density at radius 1 is 1.12 bits per heavy atom. The summed E-state index contributed by atoms with van der Waals surface area (Å²) in [4.78, 5) is 10.6. The van der Waals surface area contributed by atoms with Gasteiger partial charge in [-0.05, 0) is 61.4 Å². The number of hydrogen-bond donors (Lipinski definition) is 1. The van der Waals surface area contributed by atoms with Gasteiger partial charge in [-0.2, -0.15) is 0 Å². The van der Waals surface area contributed by atoms with Crippen LogP contribution in [0.4, 0.5) is 11.4 Å². The third-order valence-electron chi connectivity index (χ3n) is 4.83. The first kappa shape index (κ1) is 18.4. The Hall–Kier alpha value is -2.41. The Kier molecular flexibility index (Phi) is 5.00. The molecule has 1 unspecified atom stereocenters. The van der Waals surface area contributed by atoms with Crippen LogP contribution in [0.15, 0.2) is 41.3 Å². The maximum atomic E-state index is 11.9. The van der Waals surface area contributed by atoms with Crippen molar-refractivity contribution in [1.29, 1.82) is 0 Å². The minimum Gasteiger partial charge on any atom is -0.373 e. The van der Waals surface area contributed by atoms with Crippen LogP contribution in [0.2, 0.25) is 0 Å². The molecule has 3 rings (SSSR count). The highest BCUT2D eigenvalue weighted by molar-refractivity contribution is 7.90. The number of rotatable bonds is 5.